The normalized spacial score (nSPS) is 20.1. The highest BCUT2D eigenvalue weighted by Crippen LogP contribution is 2.41. The van der Waals surface area contributed by atoms with Gasteiger partial charge in [-0.25, -0.2) is 15.8 Å². The zero-order valence-corrected chi connectivity index (χ0v) is 15.8. The van der Waals surface area contributed by atoms with Gasteiger partial charge in [-0.15, -0.1) is 0 Å². The van der Waals surface area contributed by atoms with Gasteiger partial charge in [0.25, 0.3) is 6.04 Å². The van der Waals surface area contributed by atoms with Gasteiger partial charge in [-0.2, -0.15) is 0 Å². The van der Waals surface area contributed by atoms with E-state index in [1.54, 1.807) is 20.1 Å². The molecule has 5 nitrogen and oxygen atoms in total. The predicted octanol–water partition coefficient (Wildman–Crippen LogP) is 3.90. The Morgan fingerprint density at radius 3 is 2.72 bits per heavy atom. The first-order chi connectivity index (χ1) is 11.9. The van der Waals surface area contributed by atoms with Gasteiger partial charge in [-0.3, -0.25) is 4.99 Å². The molecular weight excluding hydrogens is 391 g/mol. The summed E-state index contributed by atoms with van der Waals surface area (Å²) in [6, 6.07) is 3.55. The van der Waals surface area contributed by atoms with E-state index in [1.165, 1.54) is 19.2 Å². The van der Waals surface area contributed by atoms with Crippen LogP contribution in [0.2, 0.25) is 0 Å². The lowest BCUT2D eigenvalue weighted by atomic mass is 9.79. The molecule has 1 aliphatic rings. The first kappa shape index (κ1) is 19.3. The molecule has 0 aliphatic carbocycles. The maximum atomic E-state index is 13.5. The minimum Gasteiger partial charge on any atom is -0.466 e. The van der Waals surface area contributed by atoms with Crippen LogP contribution < -0.4 is 0 Å². The van der Waals surface area contributed by atoms with E-state index in [0.29, 0.717) is 40.0 Å². The van der Waals surface area contributed by atoms with Gasteiger partial charge < -0.3 is 14.3 Å². The molecule has 2 unspecified atom stereocenters. The highest BCUT2D eigenvalue weighted by molar-refractivity contribution is 9.10. The fourth-order valence-electron chi connectivity index (χ4n) is 2.91. The third kappa shape index (κ3) is 3.97. The Bertz CT molecular complexity index is 783. The number of rotatable bonds is 5. The van der Waals surface area contributed by atoms with Crippen LogP contribution in [0.25, 0.3) is 4.85 Å². The molecule has 132 valence electrons. The number of methoxy groups -OCH3 is 2. The van der Waals surface area contributed by atoms with Crippen LogP contribution in [0, 0.1) is 12.4 Å². The third-order valence-electron chi connectivity index (χ3n) is 4.06. The Morgan fingerprint density at radius 1 is 1.44 bits per heavy atom. The van der Waals surface area contributed by atoms with Gasteiger partial charge in [0.2, 0.25) is 0 Å². The van der Waals surface area contributed by atoms with Gasteiger partial charge in [0, 0.05) is 18.0 Å². The van der Waals surface area contributed by atoms with Crippen molar-refractivity contribution in [3.63, 3.8) is 0 Å². The van der Waals surface area contributed by atoms with E-state index < -0.39 is 23.7 Å². The largest absolute Gasteiger partial charge is 0.466 e. The average molecular weight is 409 g/mol. The Hall–Kier alpha value is -2.04. The molecule has 0 amide bonds. The molecule has 0 spiro atoms. The van der Waals surface area contributed by atoms with Crippen LogP contribution in [0.4, 0.5) is 4.39 Å². The first-order valence-electron chi connectivity index (χ1n) is 7.61. The smallest absolute Gasteiger partial charge is 0.336 e. The lowest BCUT2D eigenvalue weighted by Crippen LogP contribution is -2.33. The second kappa shape index (κ2) is 8.37. The molecule has 1 aromatic carbocycles. The lowest BCUT2D eigenvalue weighted by Gasteiger charge is -2.27. The summed E-state index contributed by atoms with van der Waals surface area (Å²) >= 11 is 3.35. The number of esters is 1. The van der Waals surface area contributed by atoms with E-state index in [-0.39, 0.29) is 0 Å². The number of ether oxygens (including phenoxy) is 2. The van der Waals surface area contributed by atoms with Crippen LogP contribution in [-0.2, 0) is 14.3 Å². The van der Waals surface area contributed by atoms with Crippen LogP contribution in [0.15, 0.2) is 38.9 Å². The molecule has 2 atom stereocenters. The molecular formula is C18H18BrFN2O3. The van der Waals surface area contributed by atoms with Crippen molar-refractivity contribution in [2.75, 3.05) is 20.8 Å². The minimum atomic E-state index is -0.665. The molecule has 0 saturated heterocycles. The van der Waals surface area contributed by atoms with Crippen molar-refractivity contribution in [2.45, 2.75) is 25.3 Å². The van der Waals surface area contributed by atoms with Crippen molar-refractivity contribution < 1.29 is 18.7 Å². The van der Waals surface area contributed by atoms with Gasteiger partial charge in [0.15, 0.2) is 0 Å². The second-order valence-electron chi connectivity index (χ2n) is 5.57. The molecule has 25 heavy (non-hydrogen) atoms. The molecule has 2 rings (SSSR count). The van der Waals surface area contributed by atoms with Crippen molar-refractivity contribution in [3.8, 4) is 0 Å². The number of nitrogens with zero attached hydrogens (tertiary/aromatic N) is 2. The zero-order valence-electron chi connectivity index (χ0n) is 14.2. The maximum absolute atomic E-state index is 13.5. The molecule has 1 aliphatic heterocycles. The monoisotopic (exact) mass is 408 g/mol. The zero-order chi connectivity index (χ0) is 18.6. The van der Waals surface area contributed by atoms with E-state index in [4.69, 9.17) is 16.0 Å². The quantitative estimate of drug-likeness (QED) is 0.548. The summed E-state index contributed by atoms with van der Waals surface area (Å²) in [4.78, 5) is 20.6. The minimum absolute atomic E-state index is 0.318. The number of hydrogen-bond acceptors (Lipinski definition) is 4. The summed E-state index contributed by atoms with van der Waals surface area (Å²) in [5, 5.41) is 0. The van der Waals surface area contributed by atoms with Crippen LogP contribution in [0.5, 0.6) is 0 Å². The van der Waals surface area contributed by atoms with Crippen molar-refractivity contribution >= 4 is 27.6 Å². The maximum Gasteiger partial charge on any atom is 0.336 e. The number of benzene rings is 1. The van der Waals surface area contributed by atoms with Crippen molar-refractivity contribution in [2.24, 2.45) is 4.99 Å². The van der Waals surface area contributed by atoms with E-state index in [2.05, 4.69) is 25.8 Å². The second-order valence-corrected chi connectivity index (χ2v) is 6.42. The number of carbonyl (C=O) groups is 1. The van der Waals surface area contributed by atoms with Gasteiger partial charge in [-0.1, -0.05) is 22.0 Å². The Kier molecular flexibility index (Phi) is 6.45. The lowest BCUT2D eigenvalue weighted by molar-refractivity contribution is -0.136. The first-order valence-corrected chi connectivity index (χ1v) is 8.40. The topological polar surface area (TPSA) is 52.2 Å². The Balaban J connectivity index is 2.69. The fourth-order valence-corrected chi connectivity index (χ4v) is 3.51. The summed E-state index contributed by atoms with van der Waals surface area (Å²) < 4.78 is 24.0. The standard InChI is InChI=1S/C18H18BrFN2O3/c1-10-17(21-2)15(12-6-5-11(20)9-13(12)19)16(18(23)25-4)14(22-10)7-8-24-3/h5-6,9,15,17H,7-8H2,1,3-4H3. The number of halogens is 2. The van der Waals surface area contributed by atoms with Crippen LogP contribution >= 0.6 is 15.9 Å². The summed E-state index contributed by atoms with van der Waals surface area (Å²) in [7, 11) is 2.85. The molecule has 1 aromatic rings. The Labute approximate surface area is 154 Å². The summed E-state index contributed by atoms with van der Waals surface area (Å²) in [5.74, 6) is -1.54. The highest BCUT2D eigenvalue weighted by atomic mass is 79.9. The molecule has 0 fully saturated rings. The highest BCUT2D eigenvalue weighted by Gasteiger charge is 2.43. The SMILES string of the molecule is [C-]#[N+]C1C(C)=NC(CCOC)=C(C(=O)OC)C1c1ccc(F)cc1Br. The molecule has 0 radical (unpaired) electrons. The molecule has 0 saturated carbocycles. The van der Waals surface area contributed by atoms with Gasteiger partial charge in [0.1, 0.15) is 11.7 Å². The number of carbonyl (C=O) groups excluding carboxylic acids is 1. The average Bonchev–Trinajstić information content (AvgIpc) is 2.58. The van der Waals surface area contributed by atoms with Gasteiger partial charge >= 0.3 is 5.97 Å². The van der Waals surface area contributed by atoms with E-state index >= 15 is 0 Å². The fraction of sp³-hybridized carbons (Fsp3) is 0.389. The van der Waals surface area contributed by atoms with Gasteiger partial charge in [0.05, 0.1) is 30.7 Å². The summed E-state index contributed by atoms with van der Waals surface area (Å²) in [6.45, 7) is 9.71. The van der Waals surface area contributed by atoms with Gasteiger partial charge in [-0.05, 0) is 24.6 Å². The van der Waals surface area contributed by atoms with E-state index in [1.807, 2.05) is 0 Å². The predicted molar refractivity (Wildman–Crippen MR) is 95.9 cm³/mol. The summed E-state index contributed by atoms with van der Waals surface area (Å²) in [5.41, 5.74) is 2.10. The van der Waals surface area contributed by atoms with Crippen molar-refractivity contribution in [3.05, 3.63) is 56.7 Å². The van der Waals surface area contributed by atoms with Crippen molar-refractivity contribution in [1.82, 2.24) is 0 Å². The number of hydrogen-bond donors (Lipinski definition) is 0. The van der Waals surface area contributed by atoms with Crippen LogP contribution in [-0.4, -0.2) is 38.5 Å². The van der Waals surface area contributed by atoms with E-state index in [0.717, 1.165) is 0 Å². The molecule has 1 heterocycles. The van der Waals surface area contributed by atoms with Crippen LogP contribution in [0.3, 0.4) is 0 Å². The van der Waals surface area contributed by atoms with E-state index in [9.17, 15) is 9.18 Å². The summed E-state index contributed by atoms with van der Waals surface area (Å²) in [6.07, 6.45) is 0.415. The number of aliphatic imine (C=N–C) groups is 1. The Morgan fingerprint density at radius 2 is 2.16 bits per heavy atom. The molecule has 0 aromatic heterocycles. The molecule has 0 bridgehead atoms. The third-order valence-corrected chi connectivity index (χ3v) is 4.75. The molecule has 0 N–H and O–H groups in total. The van der Waals surface area contributed by atoms with Crippen molar-refractivity contribution in [1.29, 1.82) is 0 Å². The van der Waals surface area contributed by atoms with Crippen LogP contribution in [0.1, 0.15) is 24.8 Å². The molecule has 7 heteroatoms.